The number of nitrogens with zero attached hydrogens (tertiary/aromatic N) is 2. The second kappa shape index (κ2) is 6.35. The van der Waals surface area contributed by atoms with Crippen molar-refractivity contribution in [2.45, 2.75) is 12.0 Å². The van der Waals surface area contributed by atoms with E-state index in [1.807, 2.05) is 36.4 Å². The maximum absolute atomic E-state index is 6.59. The lowest BCUT2D eigenvalue weighted by atomic mass is 9.93. The Kier molecular flexibility index (Phi) is 3.98. The van der Waals surface area contributed by atoms with E-state index in [4.69, 9.17) is 30.8 Å². The summed E-state index contributed by atoms with van der Waals surface area (Å²) in [7, 11) is 0. The molecule has 0 aromatic heterocycles. The number of aliphatic imine (C=N–C) groups is 1. The van der Waals surface area contributed by atoms with Gasteiger partial charge < -0.3 is 19.1 Å². The summed E-state index contributed by atoms with van der Waals surface area (Å²) in [4.78, 5) is 6.98. The third kappa shape index (κ3) is 2.39. The van der Waals surface area contributed by atoms with Gasteiger partial charge in [-0.05, 0) is 12.1 Å². The summed E-state index contributed by atoms with van der Waals surface area (Å²) in [6, 6.07) is 16.2. The van der Waals surface area contributed by atoms with Crippen molar-refractivity contribution in [2.24, 2.45) is 4.99 Å². The quantitative estimate of drug-likeness (QED) is 0.829. The van der Waals surface area contributed by atoms with Gasteiger partial charge in [-0.15, -0.1) is 0 Å². The topological polar surface area (TPSA) is 43.3 Å². The normalized spacial score (nSPS) is 24.7. The summed E-state index contributed by atoms with van der Waals surface area (Å²) in [5.41, 5.74) is 2.50. The van der Waals surface area contributed by atoms with Crippen LogP contribution in [0.5, 0.6) is 0 Å². The van der Waals surface area contributed by atoms with Crippen molar-refractivity contribution < 1.29 is 14.2 Å². The van der Waals surface area contributed by atoms with Crippen LogP contribution in [-0.2, 0) is 19.9 Å². The van der Waals surface area contributed by atoms with Crippen LogP contribution in [0.4, 0.5) is 0 Å². The molecule has 5 nitrogen and oxygen atoms in total. The van der Waals surface area contributed by atoms with Crippen molar-refractivity contribution in [2.75, 3.05) is 32.9 Å². The number of hydrogen-bond donors (Lipinski definition) is 0. The van der Waals surface area contributed by atoms with E-state index in [1.165, 1.54) is 0 Å². The maximum Gasteiger partial charge on any atom is 0.196 e. The molecule has 0 amide bonds. The molecule has 2 aromatic carbocycles. The highest BCUT2D eigenvalue weighted by molar-refractivity contribution is 6.30. The number of ether oxygens (including phenoxy) is 3. The van der Waals surface area contributed by atoms with Crippen molar-refractivity contribution in [3.8, 4) is 0 Å². The molecule has 1 saturated heterocycles. The molecule has 0 radical (unpaired) electrons. The van der Waals surface area contributed by atoms with Gasteiger partial charge in [0, 0.05) is 28.3 Å². The summed E-state index contributed by atoms with van der Waals surface area (Å²) >= 11 is 6.14. The highest BCUT2D eigenvalue weighted by Crippen LogP contribution is 2.47. The minimum absolute atomic E-state index is 0.338. The van der Waals surface area contributed by atoms with Crippen LogP contribution in [0, 0.1) is 0 Å². The van der Waals surface area contributed by atoms with Gasteiger partial charge in [-0.2, -0.15) is 0 Å². The zero-order valence-electron chi connectivity index (χ0n) is 14.2. The van der Waals surface area contributed by atoms with Crippen molar-refractivity contribution in [1.29, 1.82) is 0 Å². The third-order valence-corrected chi connectivity index (χ3v) is 5.36. The maximum atomic E-state index is 6.59. The fourth-order valence-electron chi connectivity index (χ4n) is 4.02. The molecule has 5 rings (SSSR count). The zero-order chi connectivity index (χ0) is 17.6. The lowest BCUT2D eigenvalue weighted by molar-refractivity contribution is -0.165. The number of halogens is 1. The van der Waals surface area contributed by atoms with E-state index < -0.39 is 5.72 Å². The Balaban J connectivity index is 1.64. The SMILES string of the molecule is Clc1ccc(C2(OCC3OCCO3)c3ccccc3C3=NCCN32)cc1. The Morgan fingerprint density at radius 2 is 1.88 bits per heavy atom. The van der Waals surface area contributed by atoms with Gasteiger partial charge >= 0.3 is 0 Å². The van der Waals surface area contributed by atoms with E-state index in [-0.39, 0.29) is 6.29 Å². The van der Waals surface area contributed by atoms with Crippen molar-refractivity contribution in [3.63, 3.8) is 0 Å². The van der Waals surface area contributed by atoms with Crippen molar-refractivity contribution in [1.82, 2.24) is 4.90 Å². The molecule has 3 aliphatic rings. The monoisotopic (exact) mass is 370 g/mol. The predicted octanol–water partition coefficient (Wildman–Crippen LogP) is 3.01. The van der Waals surface area contributed by atoms with Crippen LogP contribution < -0.4 is 0 Å². The summed E-state index contributed by atoms with van der Waals surface area (Å²) in [5.74, 6) is 0.990. The first-order valence-electron chi connectivity index (χ1n) is 8.84. The van der Waals surface area contributed by atoms with Gasteiger partial charge in [0.25, 0.3) is 0 Å². The molecular weight excluding hydrogens is 352 g/mol. The van der Waals surface area contributed by atoms with Crippen LogP contribution in [0.15, 0.2) is 53.5 Å². The number of hydrogen-bond acceptors (Lipinski definition) is 5. The molecule has 0 bridgehead atoms. The molecule has 3 aliphatic heterocycles. The summed E-state index contributed by atoms with van der Waals surface area (Å²) < 4.78 is 17.8. The largest absolute Gasteiger partial charge is 0.348 e. The Bertz CT molecular complexity index is 848. The van der Waals surface area contributed by atoms with Gasteiger partial charge in [-0.3, -0.25) is 4.99 Å². The average molecular weight is 371 g/mol. The Morgan fingerprint density at radius 1 is 1.12 bits per heavy atom. The summed E-state index contributed by atoms with van der Waals surface area (Å²) in [6.45, 7) is 3.13. The highest BCUT2D eigenvalue weighted by Gasteiger charge is 2.52. The van der Waals surface area contributed by atoms with Gasteiger partial charge in [0.05, 0.1) is 19.8 Å². The third-order valence-electron chi connectivity index (χ3n) is 5.11. The first-order chi connectivity index (χ1) is 12.8. The zero-order valence-corrected chi connectivity index (χ0v) is 15.0. The Hall–Kier alpha value is -1.92. The summed E-state index contributed by atoms with van der Waals surface area (Å²) in [6.07, 6.45) is -0.338. The molecule has 0 spiro atoms. The minimum Gasteiger partial charge on any atom is -0.348 e. The second-order valence-corrected chi connectivity index (χ2v) is 6.97. The van der Waals surface area contributed by atoms with Crippen LogP contribution in [0.1, 0.15) is 16.7 Å². The van der Waals surface area contributed by atoms with Gasteiger partial charge in [0.15, 0.2) is 12.0 Å². The van der Waals surface area contributed by atoms with E-state index >= 15 is 0 Å². The summed E-state index contributed by atoms with van der Waals surface area (Å²) in [5, 5.41) is 0.702. The Labute approximate surface area is 157 Å². The van der Waals surface area contributed by atoms with Crippen LogP contribution in [0.25, 0.3) is 0 Å². The van der Waals surface area contributed by atoms with Crippen LogP contribution in [0.3, 0.4) is 0 Å². The Morgan fingerprint density at radius 3 is 2.69 bits per heavy atom. The molecule has 2 aromatic rings. The molecule has 1 unspecified atom stereocenters. The fourth-order valence-corrected chi connectivity index (χ4v) is 4.15. The van der Waals surface area contributed by atoms with Crippen LogP contribution in [-0.4, -0.2) is 49.9 Å². The van der Waals surface area contributed by atoms with Crippen LogP contribution in [0.2, 0.25) is 5.02 Å². The molecule has 0 saturated carbocycles. The minimum atomic E-state index is -0.744. The molecular formula is C20H19ClN2O3. The van der Waals surface area contributed by atoms with E-state index in [0.717, 1.165) is 35.6 Å². The van der Waals surface area contributed by atoms with Crippen molar-refractivity contribution in [3.05, 3.63) is 70.2 Å². The molecule has 3 heterocycles. The molecule has 0 N–H and O–H groups in total. The lowest BCUT2D eigenvalue weighted by Crippen LogP contribution is -2.47. The average Bonchev–Trinajstić information content (AvgIpc) is 3.39. The number of benzene rings is 2. The first kappa shape index (κ1) is 16.3. The van der Waals surface area contributed by atoms with Crippen molar-refractivity contribution >= 4 is 17.4 Å². The number of rotatable bonds is 4. The van der Waals surface area contributed by atoms with Gasteiger partial charge in [0.2, 0.25) is 0 Å². The van der Waals surface area contributed by atoms with E-state index in [9.17, 15) is 0 Å². The molecule has 1 fully saturated rings. The second-order valence-electron chi connectivity index (χ2n) is 6.54. The van der Waals surface area contributed by atoms with E-state index in [1.54, 1.807) is 0 Å². The predicted molar refractivity (Wildman–Crippen MR) is 98.4 cm³/mol. The number of amidine groups is 1. The molecule has 26 heavy (non-hydrogen) atoms. The smallest absolute Gasteiger partial charge is 0.196 e. The number of fused-ring (bicyclic) bond motifs is 3. The fraction of sp³-hybridized carbons (Fsp3) is 0.350. The molecule has 1 atom stereocenters. The van der Waals surface area contributed by atoms with Gasteiger partial charge in [-0.25, -0.2) is 0 Å². The van der Waals surface area contributed by atoms with E-state index in [0.29, 0.717) is 24.8 Å². The molecule has 6 heteroatoms. The highest BCUT2D eigenvalue weighted by atomic mass is 35.5. The molecule has 134 valence electrons. The van der Waals surface area contributed by atoms with Gasteiger partial charge in [-0.1, -0.05) is 48.0 Å². The van der Waals surface area contributed by atoms with Crippen LogP contribution >= 0.6 is 11.6 Å². The van der Waals surface area contributed by atoms with Gasteiger partial charge in [0.1, 0.15) is 12.4 Å². The first-order valence-corrected chi connectivity index (χ1v) is 9.22. The molecule has 0 aliphatic carbocycles. The standard InChI is InChI=1S/C20H19ClN2O3/c21-15-7-5-14(6-8-15)20(26-13-18-24-11-12-25-18)17-4-2-1-3-16(17)19-22-9-10-23(19)20/h1-8,18H,9-13H2. The lowest BCUT2D eigenvalue weighted by Gasteiger charge is -2.39. The van der Waals surface area contributed by atoms with E-state index in [2.05, 4.69) is 17.0 Å².